The first-order valence-corrected chi connectivity index (χ1v) is 10.2. The van der Waals surface area contributed by atoms with Crippen molar-refractivity contribution in [2.75, 3.05) is 19.8 Å². The number of nitrogens with zero attached hydrogens (tertiary/aromatic N) is 2. The van der Waals surface area contributed by atoms with Crippen LogP contribution in [-0.4, -0.2) is 41.7 Å². The normalized spacial score (nSPS) is 14.4. The van der Waals surface area contributed by atoms with Crippen molar-refractivity contribution in [3.8, 4) is 22.9 Å². The molecule has 0 radical (unpaired) electrons. The van der Waals surface area contributed by atoms with E-state index in [1.54, 1.807) is 12.3 Å². The summed E-state index contributed by atoms with van der Waals surface area (Å²) in [6.07, 6.45) is 4.28. The number of nitrogens with one attached hydrogen (secondary N) is 2. The van der Waals surface area contributed by atoms with Gasteiger partial charge in [-0.05, 0) is 41.8 Å². The fourth-order valence-corrected chi connectivity index (χ4v) is 3.60. The van der Waals surface area contributed by atoms with Crippen LogP contribution in [0.1, 0.15) is 42.2 Å². The second-order valence-corrected chi connectivity index (χ2v) is 7.31. The number of H-pyrrole nitrogens is 1. The lowest BCUT2D eigenvalue weighted by molar-refractivity contribution is 0.0254. The van der Waals surface area contributed by atoms with Crippen LogP contribution in [0.25, 0.3) is 22.2 Å². The van der Waals surface area contributed by atoms with E-state index in [2.05, 4.69) is 21.4 Å². The molecule has 2 aromatic heterocycles. The Hall–Kier alpha value is -3.37. The van der Waals surface area contributed by atoms with E-state index < -0.39 is 0 Å². The molecule has 3 aromatic rings. The number of carbonyl (C=O) groups is 1. The lowest BCUT2D eigenvalue weighted by Gasteiger charge is -2.23. The highest BCUT2D eigenvalue weighted by molar-refractivity contribution is 6.01. The van der Waals surface area contributed by atoms with Gasteiger partial charge in [-0.1, -0.05) is 13.0 Å². The Morgan fingerprint density at radius 3 is 2.93 bits per heavy atom. The van der Waals surface area contributed by atoms with Crippen LogP contribution >= 0.6 is 0 Å². The molecule has 7 nitrogen and oxygen atoms in total. The highest BCUT2D eigenvalue weighted by Crippen LogP contribution is 2.32. The number of aromatic amines is 1. The number of nitriles is 1. The van der Waals surface area contributed by atoms with Gasteiger partial charge in [0.2, 0.25) is 0 Å². The Morgan fingerprint density at radius 2 is 2.17 bits per heavy atom. The monoisotopic (exact) mass is 404 g/mol. The SMILES string of the molecule is CCCNC(=O)c1cc2c(-c3ccc(OC4CCOCC4)c(C#N)c3)ccnc2[nH]1. The number of aromatic nitrogens is 2. The molecule has 4 rings (SSSR count). The van der Waals surface area contributed by atoms with Gasteiger partial charge >= 0.3 is 0 Å². The quantitative estimate of drug-likeness (QED) is 0.651. The van der Waals surface area contributed by atoms with E-state index in [4.69, 9.17) is 9.47 Å². The van der Waals surface area contributed by atoms with Crippen molar-refractivity contribution in [1.29, 1.82) is 5.26 Å². The molecule has 1 aliphatic heterocycles. The van der Waals surface area contributed by atoms with Gasteiger partial charge in [0.1, 0.15) is 29.3 Å². The summed E-state index contributed by atoms with van der Waals surface area (Å²) >= 11 is 0. The zero-order chi connectivity index (χ0) is 20.9. The molecule has 1 amide bonds. The maximum atomic E-state index is 12.3. The average Bonchev–Trinajstić information content (AvgIpc) is 3.23. The molecule has 0 atom stereocenters. The second-order valence-electron chi connectivity index (χ2n) is 7.31. The molecule has 1 aromatic carbocycles. The second kappa shape index (κ2) is 8.97. The maximum absolute atomic E-state index is 12.3. The third kappa shape index (κ3) is 4.14. The summed E-state index contributed by atoms with van der Waals surface area (Å²) in [5.41, 5.74) is 3.37. The van der Waals surface area contributed by atoms with E-state index in [9.17, 15) is 10.1 Å². The molecular weight excluding hydrogens is 380 g/mol. The molecule has 154 valence electrons. The summed E-state index contributed by atoms with van der Waals surface area (Å²) in [5, 5.41) is 13.4. The Balaban J connectivity index is 1.65. The molecule has 30 heavy (non-hydrogen) atoms. The Bertz CT molecular complexity index is 1090. The highest BCUT2D eigenvalue weighted by Gasteiger charge is 2.18. The number of ether oxygens (including phenoxy) is 2. The lowest BCUT2D eigenvalue weighted by atomic mass is 10.0. The smallest absolute Gasteiger partial charge is 0.267 e. The zero-order valence-corrected chi connectivity index (χ0v) is 16.9. The first-order chi connectivity index (χ1) is 14.7. The van der Waals surface area contributed by atoms with E-state index in [0.29, 0.717) is 42.4 Å². The Kier molecular flexibility index (Phi) is 5.96. The summed E-state index contributed by atoms with van der Waals surface area (Å²) in [4.78, 5) is 19.8. The van der Waals surface area contributed by atoms with Crippen LogP contribution in [0.5, 0.6) is 5.75 Å². The lowest BCUT2D eigenvalue weighted by Crippen LogP contribution is -2.26. The standard InChI is InChI=1S/C23H24N4O3/c1-2-8-26-23(28)20-13-19-18(5-9-25-22(19)27-20)15-3-4-21(16(12-15)14-24)30-17-6-10-29-11-7-17/h3-5,9,12-13,17H,2,6-8,10-11H2,1H3,(H,25,27)(H,26,28). The minimum Gasteiger partial charge on any atom is -0.489 e. The van der Waals surface area contributed by atoms with Crippen molar-refractivity contribution in [3.63, 3.8) is 0 Å². The Morgan fingerprint density at radius 1 is 1.33 bits per heavy atom. The molecular formula is C23H24N4O3. The minimum absolute atomic E-state index is 0.0678. The van der Waals surface area contributed by atoms with E-state index in [0.717, 1.165) is 35.8 Å². The number of hydrogen-bond acceptors (Lipinski definition) is 5. The summed E-state index contributed by atoms with van der Waals surface area (Å²) in [6.45, 7) is 3.99. The molecule has 0 saturated carbocycles. The van der Waals surface area contributed by atoms with E-state index >= 15 is 0 Å². The van der Waals surface area contributed by atoms with Crippen LogP contribution in [0.2, 0.25) is 0 Å². The largest absolute Gasteiger partial charge is 0.489 e. The van der Waals surface area contributed by atoms with Gasteiger partial charge in [-0.15, -0.1) is 0 Å². The number of rotatable bonds is 6. The fourth-order valence-electron chi connectivity index (χ4n) is 3.60. The Labute approximate surface area is 175 Å². The van der Waals surface area contributed by atoms with Crippen LogP contribution in [-0.2, 0) is 4.74 Å². The number of carbonyl (C=O) groups excluding carboxylic acids is 1. The molecule has 0 unspecified atom stereocenters. The van der Waals surface area contributed by atoms with Crippen molar-refractivity contribution in [3.05, 3.63) is 47.8 Å². The molecule has 2 N–H and O–H groups in total. The zero-order valence-electron chi connectivity index (χ0n) is 16.9. The summed E-state index contributed by atoms with van der Waals surface area (Å²) in [7, 11) is 0. The van der Waals surface area contributed by atoms with Crippen LogP contribution in [0, 0.1) is 11.3 Å². The molecule has 0 spiro atoms. The van der Waals surface area contributed by atoms with Gasteiger partial charge in [0.05, 0.1) is 18.8 Å². The van der Waals surface area contributed by atoms with E-state index in [1.165, 1.54) is 0 Å². The van der Waals surface area contributed by atoms with Gasteiger partial charge in [0, 0.05) is 31.0 Å². The van der Waals surface area contributed by atoms with Crippen LogP contribution in [0.15, 0.2) is 36.5 Å². The number of amides is 1. The minimum atomic E-state index is -0.154. The van der Waals surface area contributed by atoms with E-state index in [1.807, 2.05) is 31.2 Å². The average molecular weight is 404 g/mol. The first kappa shape index (κ1) is 19.9. The first-order valence-electron chi connectivity index (χ1n) is 10.2. The van der Waals surface area contributed by atoms with Crippen LogP contribution < -0.4 is 10.1 Å². The molecule has 0 bridgehead atoms. The highest BCUT2D eigenvalue weighted by atomic mass is 16.5. The van der Waals surface area contributed by atoms with Gasteiger partial charge in [0.25, 0.3) is 5.91 Å². The summed E-state index contributed by atoms with van der Waals surface area (Å²) < 4.78 is 11.4. The molecule has 1 aliphatic rings. The third-order valence-corrected chi connectivity index (χ3v) is 5.19. The van der Waals surface area contributed by atoms with Gasteiger partial charge < -0.3 is 19.8 Å². The van der Waals surface area contributed by atoms with Crippen molar-refractivity contribution < 1.29 is 14.3 Å². The van der Waals surface area contributed by atoms with Gasteiger partial charge in [-0.25, -0.2) is 4.98 Å². The predicted octanol–water partition coefficient (Wildman–Crippen LogP) is 3.80. The van der Waals surface area contributed by atoms with Crippen molar-refractivity contribution >= 4 is 16.9 Å². The number of pyridine rings is 1. The van der Waals surface area contributed by atoms with E-state index in [-0.39, 0.29) is 12.0 Å². The fraction of sp³-hybridized carbons (Fsp3) is 0.348. The van der Waals surface area contributed by atoms with Gasteiger partial charge in [-0.3, -0.25) is 4.79 Å². The maximum Gasteiger partial charge on any atom is 0.267 e. The molecule has 1 saturated heterocycles. The predicted molar refractivity (Wildman–Crippen MR) is 113 cm³/mol. The number of hydrogen-bond donors (Lipinski definition) is 2. The molecule has 0 aliphatic carbocycles. The summed E-state index contributed by atoms with van der Waals surface area (Å²) in [6, 6.07) is 11.6. The third-order valence-electron chi connectivity index (χ3n) is 5.19. The number of benzene rings is 1. The van der Waals surface area contributed by atoms with Crippen LogP contribution in [0.3, 0.4) is 0 Å². The van der Waals surface area contributed by atoms with Crippen LogP contribution in [0.4, 0.5) is 0 Å². The van der Waals surface area contributed by atoms with Gasteiger partial charge in [0.15, 0.2) is 0 Å². The topological polar surface area (TPSA) is 100 Å². The molecule has 7 heteroatoms. The summed E-state index contributed by atoms with van der Waals surface area (Å²) in [5.74, 6) is 0.436. The van der Waals surface area contributed by atoms with Crippen molar-refractivity contribution in [2.24, 2.45) is 0 Å². The number of fused-ring (bicyclic) bond motifs is 1. The van der Waals surface area contributed by atoms with Crippen molar-refractivity contribution in [1.82, 2.24) is 15.3 Å². The van der Waals surface area contributed by atoms with Crippen molar-refractivity contribution in [2.45, 2.75) is 32.3 Å². The molecule has 1 fully saturated rings. The molecule has 3 heterocycles. The van der Waals surface area contributed by atoms with Gasteiger partial charge in [-0.2, -0.15) is 5.26 Å².